The molecule has 6 heteroatoms. The van der Waals surface area contributed by atoms with Crippen LogP contribution in [0.1, 0.15) is 11.1 Å². The second-order valence-corrected chi connectivity index (χ2v) is 4.80. The summed E-state index contributed by atoms with van der Waals surface area (Å²) in [6.45, 7) is 3.70. The van der Waals surface area contributed by atoms with E-state index in [1.165, 1.54) is 4.90 Å². The van der Waals surface area contributed by atoms with Crippen LogP contribution < -0.4 is 4.90 Å². The number of carbonyl (C=O) groups excluding carboxylic acids is 2. The molecule has 2 aliphatic heterocycles. The van der Waals surface area contributed by atoms with Crippen molar-refractivity contribution in [1.29, 1.82) is 0 Å². The van der Waals surface area contributed by atoms with Crippen molar-refractivity contribution >= 4 is 23.5 Å². The minimum Gasteiger partial charge on any atom is -0.278 e. The lowest BCUT2D eigenvalue weighted by Crippen LogP contribution is -2.48. The van der Waals surface area contributed by atoms with Gasteiger partial charge in [-0.15, -0.1) is 0 Å². The fraction of sp³-hybridized carbons (Fsp3) is 0.214. The van der Waals surface area contributed by atoms with Crippen molar-refractivity contribution in [3.8, 4) is 0 Å². The van der Waals surface area contributed by atoms with E-state index in [0.29, 0.717) is 5.69 Å². The summed E-state index contributed by atoms with van der Waals surface area (Å²) in [5, 5.41) is 0. The number of anilines is 1. The van der Waals surface area contributed by atoms with Crippen LogP contribution in [0.5, 0.6) is 0 Å². The number of hydrogen-bond acceptors (Lipinski definition) is 3. The summed E-state index contributed by atoms with van der Waals surface area (Å²) in [4.78, 5) is 29.5. The van der Waals surface area contributed by atoms with Gasteiger partial charge < -0.3 is 0 Å². The van der Waals surface area contributed by atoms with E-state index in [0.717, 1.165) is 22.1 Å². The Balaban J connectivity index is 2.12. The number of hydrogen-bond donors (Lipinski definition) is 0. The van der Waals surface area contributed by atoms with Gasteiger partial charge in [-0.1, -0.05) is 6.07 Å². The van der Waals surface area contributed by atoms with Crippen LogP contribution in [0, 0.1) is 13.8 Å². The van der Waals surface area contributed by atoms with Gasteiger partial charge in [0.2, 0.25) is 11.9 Å². The molecule has 0 aromatic heterocycles. The maximum atomic E-state index is 13.7. The van der Waals surface area contributed by atoms with E-state index < -0.39 is 17.8 Å². The first-order chi connectivity index (χ1) is 9.47. The number of carbonyl (C=O) groups is 2. The number of nitrogens with zero attached hydrogens (tertiary/aromatic N) is 3. The monoisotopic (exact) mass is 273 g/mol. The van der Waals surface area contributed by atoms with E-state index in [9.17, 15) is 14.0 Å². The van der Waals surface area contributed by atoms with Crippen LogP contribution in [0.4, 0.5) is 10.1 Å². The molecule has 1 aromatic rings. The van der Waals surface area contributed by atoms with Crippen molar-refractivity contribution < 1.29 is 14.0 Å². The second kappa shape index (κ2) is 4.26. The zero-order valence-corrected chi connectivity index (χ0v) is 11.1. The van der Waals surface area contributed by atoms with E-state index in [1.807, 2.05) is 26.0 Å². The normalized spacial score (nSPS) is 18.1. The van der Waals surface area contributed by atoms with Crippen LogP contribution in [0.15, 0.2) is 35.2 Å². The maximum Gasteiger partial charge on any atom is 0.269 e. The molecule has 1 aromatic carbocycles. The lowest BCUT2D eigenvalue weighted by Gasteiger charge is -2.30. The van der Waals surface area contributed by atoms with Crippen molar-refractivity contribution in [2.45, 2.75) is 13.8 Å². The molecule has 2 amide bonds. The van der Waals surface area contributed by atoms with E-state index in [2.05, 4.69) is 4.99 Å². The highest BCUT2D eigenvalue weighted by Gasteiger charge is 2.38. The summed E-state index contributed by atoms with van der Waals surface area (Å²) in [5.41, 5.74) is 2.66. The van der Waals surface area contributed by atoms with Gasteiger partial charge in [0.1, 0.15) is 6.54 Å². The van der Waals surface area contributed by atoms with Crippen LogP contribution >= 0.6 is 0 Å². The van der Waals surface area contributed by atoms with Crippen molar-refractivity contribution in [2.75, 3.05) is 11.4 Å². The van der Waals surface area contributed by atoms with E-state index in [4.69, 9.17) is 0 Å². The molecule has 20 heavy (non-hydrogen) atoms. The molecule has 0 saturated carbocycles. The number of rotatable bonds is 1. The van der Waals surface area contributed by atoms with Gasteiger partial charge >= 0.3 is 0 Å². The standard InChI is InChI=1S/C14H12FN3O2/c1-8-3-4-10(5-9(8)2)18-13(20)6-11(15)17-7-12(19)16-14(17)18/h3-6H,7H2,1-2H3. The zero-order chi connectivity index (χ0) is 14.4. The van der Waals surface area contributed by atoms with Crippen LogP contribution in [-0.4, -0.2) is 29.2 Å². The predicted octanol–water partition coefficient (Wildman–Crippen LogP) is 1.66. The minimum absolute atomic E-state index is 0.0308. The third-order valence-corrected chi connectivity index (χ3v) is 3.43. The number of guanidine groups is 1. The molecule has 0 saturated heterocycles. The molecule has 0 spiro atoms. The van der Waals surface area contributed by atoms with Gasteiger partial charge in [0, 0.05) is 0 Å². The molecule has 0 bridgehead atoms. The fourth-order valence-corrected chi connectivity index (χ4v) is 2.21. The van der Waals surface area contributed by atoms with E-state index in [1.54, 1.807) is 6.07 Å². The summed E-state index contributed by atoms with van der Waals surface area (Å²) in [6.07, 6.45) is 0.868. The third-order valence-electron chi connectivity index (χ3n) is 3.43. The zero-order valence-electron chi connectivity index (χ0n) is 11.1. The van der Waals surface area contributed by atoms with E-state index >= 15 is 0 Å². The van der Waals surface area contributed by atoms with Gasteiger partial charge in [0.25, 0.3) is 11.8 Å². The topological polar surface area (TPSA) is 53.0 Å². The van der Waals surface area contributed by atoms with Crippen LogP contribution in [-0.2, 0) is 9.59 Å². The summed E-state index contributed by atoms with van der Waals surface area (Å²) >= 11 is 0. The minimum atomic E-state index is -0.750. The SMILES string of the molecule is Cc1ccc(N2C(=O)C=C(F)N3CC(=O)N=C32)cc1C. The highest BCUT2D eigenvalue weighted by atomic mass is 19.1. The average molecular weight is 273 g/mol. The van der Waals surface area contributed by atoms with Gasteiger partial charge in [-0.2, -0.15) is 9.38 Å². The van der Waals surface area contributed by atoms with Crippen molar-refractivity contribution in [3.63, 3.8) is 0 Å². The van der Waals surface area contributed by atoms with Crippen LogP contribution in [0.3, 0.4) is 0 Å². The lowest BCUT2D eigenvalue weighted by atomic mass is 10.1. The summed E-state index contributed by atoms with van der Waals surface area (Å²) in [7, 11) is 0. The van der Waals surface area contributed by atoms with Crippen LogP contribution in [0.25, 0.3) is 0 Å². The summed E-state index contributed by atoms with van der Waals surface area (Å²) < 4.78 is 13.7. The smallest absolute Gasteiger partial charge is 0.269 e. The Kier molecular flexibility index (Phi) is 2.67. The molecule has 3 rings (SSSR count). The molecule has 5 nitrogen and oxygen atoms in total. The molecule has 0 unspecified atom stereocenters. The van der Waals surface area contributed by atoms with Crippen LogP contribution in [0.2, 0.25) is 0 Å². The Morgan fingerprint density at radius 2 is 1.95 bits per heavy atom. The number of halogens is 1. The molecule has 102 valence electrons. The summed E-state index contributed by atoms with van der Waals surface area (Å²) in [6, 6.07) is 5.43. The first-order valence-electron chi connectivity index (χ1n) is 6.15. The molecule has 0 atom stereocenters. The van der Waals surface area contributed by atoms with Crippen molar-refractivity contribution in [2.24, 2.45) is 4.99 Å². The average Bonchev–Trinajstić information content (AvgIpc) is 2.75. The Bertz CT molecular complexity index is 694. The van der Waals surface area contributed by atoms with Crippen molar-refractivity contribution in [3.05, 3.63) is 41.4 Å². The molecule has 0 aliphatic carbocycles. The molecular formula is C14H12FN3O2. The Morgan fingerprint density at radius 3 is 2.65 bits per heavy atom. The number of aryl methyl sites for hydroxylation is 2. The maximum absolute atomic E-state index is 13.7. The third kappa shape index (κ3) is 1.80. The fourth-order valence-electron chi connectivity index (χ4n) is 2.21. The largest absolute Gasteiger partial charge is 0.278 e. The Hall–Kier alpha value is -2.50. The lowest BCUT2D eigenvalue weighted by molar-refractivity contribution is -0.117. The molecule has 2 heterocycles. The van der Waals surface area contributed by atoms with Gasteiger partial charge in [0.05, 0.1) is 11.8 Å². The number of benzene rings is 1. The van der Waals surface area contributed by atoms with E-state index in [-0.39, 0.29) is 12.5 Å². The molecular weight excluding hydrogens is 261 g/mol. The van der Waals surface area contributed by atoms with Gasteiger partial charge in [0.15, 0.2) is 0 Å². The number of amides is 2. The quantitative estimate of drug-likeness (QED) is 0.731. The number of fused-ring (bicyclic) bond motifs is 1. The molecule has 0 fully saturated rings. The highest BCUT2D eigenvalue weighted by Crippen LogP contribution is 2.27. The predicted molar refractivity (Wildman–Crippen MR) is 71.7 cm³/mol. The van der Waals surface area contributed by atoms with Gasteiger partial charge in [-0.25, -0.2) is 4.90 Å². The summed E-state index contributed by atoms with van der Waals surface area (Å²) in [5.74, 6) is -1.73. The first kappa shape index (κ1) is 12.5. The van der Waals surface area contributed by atoms with Crippen molar-refractivity contribution in [1.82, 2.24) is 4.90 Å². The molecule has 2 aliphatic rings. The molecule has 0 radical (unpaired) electrons. The Morgan fingerprint density at radius 1 is 1.20 bits per heavy atom. The Labute approximate surface area is 115 Å². The highest BCUT2D eigenvalue weighted by molar-refractivity contribution is 6.25. The first-order valence-corrected chi connectivity index (χ1v) is 6.15. The van der Waals surface area contributed by atoms with Gasteiger partial charge in [-0.05, 0) is 37.1 Å². The second-order valence-electron chi connectivity index (χ2n) is 4.80. The molecule has 0 N–H and O–H groups in total. The number of aliphatic imine (C=N–C) groups is 1. The van der Waals surface area contributed by atoms with Gasteiger partial charge in [-0.3, -0.25) is 14.5 Å².